The summed E-state index contributed by atoms with van der Waals surface area (Å²) in [5.41, 5.74) is -0.0105. The smallest absolute Gasteiger partial charge is 0.416 e. The number of alkyl halides is 3. The van der Waals surface area contributed by atoms with Gasteiger partial charge in [0.2, 0.25) is 0 Å². The van der Waals surface area contributed by atoms with Gasteiger partial charge in [-0.25, -0.2) is 0 Å². The third-order valence-corrected chi connectivity index (χ3v) is 4.16. The molecule has 2 rings (SSSR count). The van der Waals surface area contributed by atoms with E-state index < -0.39 is 42.2 Å². The number of likely N-dealkylation sites (N-methyl/N-ethyl adjacent to an activating group) is 1. The molecule has 1 unspecified atom stereocenters. The van der Waals surface area contributed by atoms with Crippen molar-refractivity contribution in [3.8, 4) is 0 Å². The number of amides is 2. The van der Waals surface area contributed by atoms with Crippen LogP contribution in [-0.4, -0.2) is 42.4 Å². The molecule has 0 aliphatic heterocycles. The summed E-state index contributed by atoms with van der Waals surface area (Å²) >= 11 is 0. The maximum absolute atomic E-state index is 12.5. The summed E-state index contributed by atoms with van der Waals surface area (Å²) in [6.45, 7) is 1.23. The lowest BCUT2D eigenvalue weighted by Crippen LogP contribution is -2.39. The minimum Gasteiger partial charge on any atom is -0.451 e. The molecule has 0 heterocycles. The Bertz CT molecular complexity index is 883. The molecule has 30 heavy (non-hydrogen) atoms. The van der Waals surface area contributed by atoms with Crippen LogP contribution in [0.3, 0.4) is 0 Å². The first-order valence-corrected chi connectivity index (χ1v) is 9.01. The molecule has 1 N–H and O–H groups in total. The molecule has 0 aliphatic carbocycles. The van der Waals surface area contributed by atoms with Gasteiger partial charge in [-0.3, -0.25) is 14.4 Å². The number of esters is 1. The minimum absolute atomic E-state index is 0.0393. The molecule has 0 bridgehead atoms. The number of nitrogens with one attached hydrogen (secondary N) is 1. The third-order valence-electron chi connectivity index (χ3n) is 4.16. The topological polar surface area (TPSA) is 75.7 Å². The van der Waals surface area contributed by atoms with Crippen molar-refractivity contribution in [1.29, 1.82) is 0 Å². The van der Waals surface area contributed by atoms with Gasteiger partial charge in [0.25, 0.3) is 11.8 Å². The summed E-state index contributed by atoms with van der Waals surface area (Å²) in [6, 6.07) is 12.8. The highest BCUT2D eigenvalue weighted by molar-refractivity contribution is 5.96. The van der Waals surface area contributed by atoms with Crippen molar-refractivity contribution < 1.29 is 32.3 Å². The highest BCUT2D eigenvalue weighted by atomic mass is 19.4. The van der Waals surface area contributed by atoms with Crippen LogP contribution in [0, 0.1) is 0 Å². The first kappa shape index (κ1) is 22.9. The SMILES string of the molecule is CC(OC(=O)CNC(=O)c1ccc(C(F)(F)F)cc1)C(=O)N(C)Cc1ccccc1. The second-order valence-corrected chi connectivity index (χ2v) is 6.57. The maximum atomic E-state index is 12.5. The summed E-state index contributed by atoms with van der Waals surface area (Å²) in [5.74, 6) is -1.99. The predicted octanol–water partition coefficient (Wildman–Crippen LogP) is 3.03. The average molecular weight is 422 g/mol. The van der Waals surface area contributed by atoms with E-state index in [9.17, 15) is 27.6 Å². The fraction of sp³-hybridized carbons (Fsp3) is 0.286. The van der Waals surface area contributed by atoms with Gasteiger partial charge in [-0.1, -0.05) is 30.3 Å². The molecule has 6 nitrogen and oxygen atoms in total. The molecule has 160 valence electrons. The molecule has 9 heteroatoms. The average Bonchev–Trinajstić information content (AvgIpc) is 2.71. The molecule has 1 atom stereocenters. The Hall–Kier alpha value is -3.36. The summed E-state index contributed by atoms with van der Waals surface area (Å²) < 4.78 is 42.7. The Labute approximate surface area is 171 Å². The Morgan fingerprint density at radius 3 is 2.20 bits per heavy atom. The van der Waals surface area contributed by atoms with Crippen molar-refractivity contribution in [2.24, 2.45) is 0 Å². The molecule has 2 amide bonds. The molecule has 0 saturated heterocycles. The van der Waals surface area contributed by atoms with E-state index in [0.717, 1.165) is 29.8 Å². The van der Waals surface area contributed by atoms with Gasteiger partial charge in [0.1, 0.15) is 6.54 Å². The number of nitrogens with zero attached hydrogens (tertiary/aromatic N) is 1. The quantitative estimate of drug-likeness (QED) is 0.696. The number of carbonyl (C=O) groups is 3. The molecular formula is C21H21F3N2O4. The Morgan fingerprint density at radius 1 is 1.03 bits per heavy atom. The van der Waals surface area contributed by atoms with Crippen LogP contribution in [0.5, 0.6) is 0 Å². The molecule has 0 spiro atoms. The summed E-state index contributed by atoms with van der Waals surface area (Å²) in [7, 11) is 1.58. The van der Waals surface area contributed by atoms with Crippen LogP contribution in [0.2, 0.25) is 0 Å². The normalized spacial score (nSPS) is 12.0. The van der Waals surface area contributed by atoms with Crippen LogP contribution in [0.1, 0.15) is 28.4 Å². The third kappa shape index (κ3) is 6.61. The second-order valence-electron chi connectivity index (χ2n) is 6.57. The number of hydrogen-bond acceptors (Lipinski definition) is 4. The molecule has 0 fully saturated rings. The van der Waals surface area contributed by atoms with Crippen LogP contribution < -0.4 is 5.32 Å². The molecule has 0 aliphatic rings. The van der Waals surface area contributed by atoms with Gasteiger partial charge in [0.15, 0.2) is 6.10 Å². The van der Waals surface area contributed by atoms with Crippen molar-refractivity contribution >= 4 is 17.8 Å². The summed E-state index contributed by atoms with van der Waals surface area (Å²) in [6.07, 6.45) is -5.57. The first-order valence-electron chi connectivity index (χ1n) is 9.01. The van der Waals surface area contributed by atoms with Crippen molar-refractivity contribution in [2.75, 3.05) is 13.6 Å². The van der Waals surface area contributed by atoms with Crippen LogP contribution in [-0.2, 0) is 27.0 Å². The zero-order valence-corrected chi connectivity index (χ0v) is 16.4. The maximum Gasteiger partial charge on any atom is 0.416 e. The molecule has 0 aromatic heterocycles. The fourth-order valence-corrected chi connectivity index (χ4v) is 2.60. The van der Waals surface area contributed by atoms with Gasteiger partial charge in [-0.15, -0.1) is 0 Å². The van der Waals surface area contributed by atoms with Crippen LogP contribution in [0.15, 0.2) is 54.6 Å². The summed E-state index contributed by atoms with van der Waals surface area (Å²) in [4.78, 5) is 37.6. The second kappa shape index (κ2) is 9.91. The highest BCUT2D eigenvalue weighted by Crippen LogP contribution is 2.29. The number of carbonyl (C=O) groups excluding carboxylic acids is 3. The van der Waals surface area contributed by atoms with Crippen LogP contribution in [0.4, 0.5) is 13.2 Å². The van der Waals surface area contributed by atoms with Gasteiger partial charge in [0, 0.05) is 19.2 Å². The zero-order chi connectivity index (χ0) is 22.3. The van der Waals surface area contributed by atoms with E-state index in [0.29, 0.717) is 6.54 Å². The first-order chi connectivity index (χ1) is 14.1. The van der Waals surface area contributed by atoms with E-state index in [1.807, 2.05) is 30.3 Å². The Balaban J connectivity index is 1.81. The lowest BCUT2D eigenvalue weighted by Gasteiger charge is -2.21. The molecule has 0 saturated carbocycles. The Morgan fingerprint density at radius 2 is 1.63 bits per heavy atom. The number of benzene rings is 2. The largest absolute Gasteiger partial charge is 0.451 e. The van der Waals surface area contributed by atoms with E-state index in [-0.39, 0.29) is 5.56 Å². The monoisotopic (exact) mass is 422 g/mol. The van der Waals surface area contributed by atoms with Gasteiger partial charge >= 0.3 is 12.1 Å². The lowest BCUT2D eigenvalue weighted by atomic mass is 10.1. The highest BCUT2D eigenvalue weighted by Gasteiger charge is 2.30. The minimum atomic E-state index is -4.50. The van der Waals surface area contributed by atoms with Gasteiger partial charge < -0.3 is 15.0 Å². The number of ether oxygens (including phenoxy) is 1. The Kier molecular flexibility index (Phi) is 7.57. The molecule has 2 aromatic rings. The predicted molar refractivity (Wildman–Crippen MR) is 102 cm³/mol. The van der Waals surface area contributed by atoms with Gasteiger partial charge in [-0.2, -0.15) is 13.2 Å². The van der Waals surface area contributed by atoms with Crippen LogP contribution in [0.25, 0.3) is 0 Å². The molecule has 0 radical (unpaired) electrons. The summed E-state index contributed by atoms with van der Waals surface area (Å²) in [5, 5.41) is 2.25. The van der Waals surface area contributed by atoms with Crippen molar-refractivity contribution in [1.82, 2.24) is 10.2 Å². The van der Waals surface area contributed by atoms with Crippen molar-refractivity contribution in [3.63, 3.8) is 0 Å². The molecular weight excluding hydrogens is 401 g/mol. The van der Waals surface area contributed by atoms with Gasteiger partial charge in [-0.05, 0) is 36.8 Å². The van der Waals surface area contributed by atoms with E-state index in [2.05, 4.69) is 5.32 Å². The van der Waals surface area contributed by atoms with E-state index in [1.54, 1.807) is 7.05 Å². The van der Waals surface area contributed by atoms with E-state index in [4.69, 9.17) is 4.74 Å². The lowest BCUT2D eigenvalue weighted by molar-refractivity contribution is -0.157. The van der Waals surface area contributed by atoms with E-state index >= 15 is 0 Å². The standard InChI is InChI=1S/C21H21F3N2O4/c1-14(20(29)26(2)13-15-6-4-3-5-7-15)30-18(27)12-25-19(28)16-8-10-17(11-9-16)21(22,23)24/h3-11,14H,12-13H2,1-2H3,(H,25,28). The van der Waals surface area contributed by atoms with Crippen molar-refractivity contribution in [2.45, 2.75) is 25.7 Å². The number of halogens is 3. The molecule has 2 aromatic carbocycles. The number of hydrogen-bond donors (Lipinski definition) is 1. The van der Waals surface area contributed by atoms with E-state index in [1.165, 1.54) is 11.8 Å². The zero-order valence-electron chi connectivity index (χ0n) is 16.4. The van der Waals surface area contributed by atoms with Crippen molar-refractivity contribution in [3.05, 3.63) is 71.3 Å². The van der Waals surface area contributed by atoms with Gasteiger partial charge in [0.05, 0.1) is 5.56 Å². The van der Waals surface area contributed by atoms with Crippen LogP contribution >= 0.6 is 0 Å². The number of rotatable bonds is 7. The fourth-order valence-electron chi connectivity index (χ4n) is 2.60.